The van der Waals surface area contributed by atoms with E-state index in [1.165, 1.54) is 11.3 Å². The average molecular weight is 512 g/mol. The Morgan fingerprint density at radius 3 is 2.09 bits per heavy atom. The van der Waals surface area contributed by atoms with Gasteiger partial charge in [0.2, 0.25) is 11.0 Å². The summed E-state index contributed by atoms with van der Waals surface area (Å²) in [5.74, 6) is 2.25. The van der Waals surface area contributed by atoms with Crippen LogP contribution in [-0.4, -0.2) is 70.0 Å². The molecule has 2 aromatic rings. The summed E-state index contributed by atoms with van der Waals surface area (Å²) >= 11 is 4.82. The standard InChI is InChI=1S/C21H29N5O4S3/c27-16(14-1-7-29-8-2-14)13-19-25-23-17(32-19)5-11-31-12-6-18-24-26-21(33-18)22-20(28)15-3-9-30-10-4-15/h14-15H,1-13H2,(H,22,26,28). The largest absolute Gasteiger partial charge is 0.381 e. The fourth-order valence-corrected chi connectivity index (χ4v) is 6.50. The molecule has 4 heterocycles. The van der Waals surface area contributed by atoms with Crippen molar-refractivity contribution in [1.82, 2.24) is 20.4 Å². The van der Waals surface area contributed by atoms with E-state index in [9.17, 15) is 9.59 Å². The van der Waals surface area contributed by atoms with Gasteiger partial charge < -0.3 is 14.8 Å². The van der Waals surface area contributed by atoms with E-state index in [2.05, 4.69) is 25.7 Å². The first-order valence-electron chi connectivity index (χ1n) is 11.4. The maximum absolute atomic E-state index is 12.4. The van der Waals surface area contributed by atoms with Gasteiger partial charge in [-0.2, -0.15) is 11.8 Å². The van der Waals surface area contributed by atoms with Gasteiger partial charge in [-0.1, -0.05) is 11.3 Å². The zero-order valence-electron chi connectivity index (χ0n) is 18.5. The van der Waals surface area contributed by atoms with Gasteiger partial charge in [0.15, 0.2) is 0 Å². The van der Waals surface area contributed by atoms with Crippen molar-refractivity contribution in [2.75, 3.05) is 43.3 Å². The summed E-state index contributed by atoms with van der Waals surface area (Å²) in [6.45, 7) is 2.64. The molecule has 0 unspecified atom stereocenters. The number of carbonyl (C=O) groups is 2. The number of aromatic nitrogens is 4. The van der Waals surface area contributed by atoms with Crippen LogP contribution in [0.4, 0.5) is 5.13 Å². The molecule has 1 N–H and O–H groups in total. The smallest absolute Gasteiger partial charge is 0.229 e. The first-order valence-corrected chi connectivity index (χ1v) is 14.2. The molecule has 33 heavy (non-hydrogen) atoms. The summed E-state index contributed by atoms with van der Waals surface area (Å²) in [5.41, 5.74) is 0. The van der Waals surface area contributed by atoms with Crippen molar-refractivity contribution in [2.45, 2.75) is 44.9 Å². The van der Waals surface area contributed by atoms with Crippen LogP contribution >= 0.6 is 34.4 Å². The van der Waals surface area contributed by atoms with Crippen molar-refractivity contribution in [2.24, 2.45) is 11.8 Å². The van der Waals surface area contributed by atoms with Crippen molar-refractivity contribution in [1.29, 1.82) is 0 Å². The number of rotatable bonds is 11. The van der Waals surface area contributed by atoms with Gasteiger partial charge >= 0.3 is 0 Å². The molecule has 4 rings (SSSR count). The van der Waals surface area contributed by atoms with E-state index in [1.54, 1.807) is 11.3 Å². The molecular weight excluding hydrogens is 482 g/mol. The second-order valence-electron chi connectivity index (χ2n) is 8.11. The highest BCUT2D eigenvalue weighted by Crippen LogP contribution is 2.22. The third-order valence-corrected chi connectivity index (χ3v) is 8.59. The Morgan fingerprint density at radius 2 is 1.39 bits per heavy atom. The molecular formula is C21H29N5O4S3. The number of nitrogens with zero attached hydrogens (tertiary/aromatic N) is 4. The summed E-state index contributed by atoms with van der Waals surface area (Å²) < 4.78 is 10.6. The van der Waals surface area contributed by atoms with Crippen LogP contribution in [0.3, 0.4) is 0 Å². The highest BCUT2D eigenvalue weighted by atomic mass is 32.2. The van der Waals surface area contributed by atoms with Crippen LogP contribution in [0.25, 0.3) is 0 Å². The molecule has 0 aromatic carbocycles. The van der Waals surface area contributed by atoms with Crippen LogP contribution < -0.4 is 5.32 Å². The van der Waals surface area contributed by atoms with Crippen molar-refractivity contribution in [3.63, 3.8) is 0 Å². The molecule has 180 valence electrons. The third-order valence-electron chi connectivity index (χ3n) is 5.72. The van der Waals surface area contributed by atoms with Gasteiger partial charge in [-0.3, -0.25) is 9.59 Å². The van der Waals surface area contributed by atoms with Crippen molar-refractivity contribution >= 4 is 51.3 Å². The highest BCUT2D eigenvalue weighted by molar-refractivity contribution is 7.99. The topological polar surface area (TPSA) is 116 Å². The number of anilines is 1. The van der Waals surface area contributed by atoms with Gasteiger partial charge in [0.1, 0.15) is 20.8 Å². The molecule has 0 radical (unpaired) electrons. The van der Waals surface area contributed by atoms with Crippen LogP contribution in [0.5, 0.6) is 0 Å². The Balaban J connectivity index is 1.11. The second kappa shape index (κ2) is 12.8. The minimum Gasteiger partial charge on any atom is -0.381 e. The second-order valence-corrected chi connectivity index (χ2v) is 11.5. The normalized spacial score (nSPS) is 17.8. The fourth-order valence-electron chi connectivity index (χ4n) is 3.77. The Hall–Kier alpha value is -1.47. The monoisotopic (exact) mass is 511 g/mol. The van der Waals surface area contributed by atoms with Crippen LogP contribution in [-0.2, 0) is 38.3 Å². The van der Waals surface area contributed by atoms with Crippen LogP contribution in [0, 0.1) is 11.8 Å². The van der Waals surface area contributed by atoms with E-state index in [-0.39, 0.29) is 23.5 Å². The highest BCUT2D eigenvalue weighted by Gasteiger charge is 2.23. The lowest BCUT2D eigenvalue weighted by atomic mass is 9.94. The number of carbonyl (C=O) groups excluding carboxylic acids is 2. The minimum atomic E-state index is 0.00232. The number of Topliss-reactive ketones (excluding diaryl/α,β-unsaturated/α-hetero) is 1. The average Bonchev–Trinajstić information content (AvgIpc) is 3.49. The SMILES string of the molecule is O=C(Cc1nnc(CCSCCc2nnc(NC(=O)C3CCOCC3)s2)s1)C1CCOCC1. The van der Waals surface area contributed by atoms with Gasteiger partial charge in [-0.25, -0.2) is 0 Å². The predicted molar refractivity (Wildman–Crippen MR) is 129 cm³/mol. The van der Waals surface area contributed by atoms with Crippen LogP contribution in [0.15, 0.2) is 0 Å². The number of hydrogen-bond acceptors (Lipinski definition) is 11. The first kappa shape index (κ1) is 24.6. The maximum Gasteiger partial charge on any atom is 0.229 e. The molecule has 0 aliphatic carbocycles. The molecule has 0 atom stereocenters. The van der Waals surface area contributed by atoms with Gasteiger partial charge in [-0.15, -0.1) is 31.7 Å². The molecule has 2 aromatic heterocycles. The number of thioether (sulfide) groups is 1. The summed E-state index contributed by atoms with van der Waals surface area (Å²) in [6.07, 6.45) is 5.21. The number of amides is 1. The Bertz CT molecular complexity index is 837. The molecule has 9 nitrogen and oxygen atoms in total. The number of nitrogens with one attached hydrogen (secondary N) is 1. The fraction of sp³-hybridized carbons (Fsp3) is 0.714. The Kier molecular flexibility index (Phi) is 9.59. The number of aryl methyl sites for hydroxylation is 2. The van der Waals surface area contributed by atoms with Gasteiger partial charge in [-0.05, 0) is 37.2 Å². The summed E-state index contributed by atoms with van der Waals surface area (Å²) in [4.78, 5) is 24.7. The lowest BCUT2D eigenvalue weighted by Crippen LogP contribution is -2.28. The quantitative estimate of drug-likeness (QED) is 0.455. The number of ketones is 1. The molecule has 0 bridgehead atoms. The molecule has 2 aliphatic rings. The Labute approximate surface area is 205 Å². The van der Waals surface area contributed by atoms with Gasteiger partial charge in [0.05, 0.1) is 6.42 Å². The predicted octanol–water partition coefficient (Wildman–Crippen LogP) is 2.81. The maximum atomic E-state index is 12.4. The van der Waals surface area contributed by atoms with E-state index in [0.29, 0.717) is 38.0 Å². The lowest BCUT2D eigenvalue weighted by Gasteiger charge is -2.20. The van der Waals surface area contributed by atoms with E-state index in [1.807, 2.05) is 11.8 Å². The molecule has 2 fully saturated rings. The molecule has 1 amide bonds. The van der Waals surface area contributed by atoms with Crippen molar-refractivity contribution in [3.05, 3.63) is 15.0 Å². The number of ether oxygens (including phenoxy) is 2. The van der Waals surface area contributed by atoms with E-state index in [4.69, 9.17) is 9.47 Å². The van der Waals surface area contributed by atoms with Crippen molar-refractivity contribution < 1.29 is 19.1 Å². The minimum absolute atomic E-state index is 0.00232. The third kappa shape index (κ3) is 7.78. The summed E-state index contributed by atoms with van der Waals surface area (Å²) in [5, 5.41) is 22.9. The summed E-state index contributed by atoms with van der Waals surface area (Å²) in [6, 6.07) is 0. The molecule has 0 spiro atoms. The van der Waals surface area contributed by atoms with E-state index < -0.39 is 0 Å². The zero-order valence-corrected chi connectivity index (χ0v) is 20.9. The molecule has 0 saturated carbocycles. The number of hydrogen-bond donors (Lipinski definition) is 1. The van der Waals surface area contributed by atoms with Crippen molar-refractivity contribution in [3.8, 4) is 0 Å². The molecule has 2 aliphatic heterocycles. The van der Waals surface area contributed by atoms with E-state index in [0.717, 1.165) is 65.1 Å². The van der Waals surface area contributed by atoms with Crippen LogP contribution in [0.2, 0.25) is 0 Å². The van der Waals surface area contributed by atoms with Crippen LogP contribution in [0.1, 0.15) is 40.7 Å². The van der Waals surface area contributed by atoms with Gasteiger partial charge in [0, 0.05) is 51.1 Å². The van der Waals surface area contributed by atoms with E-state index >= 15 is 0 Å². The van der Waals surface area contributed by atoms with Gasteiger partial charge in [0.25, 0.3) is 0 Å². The zero-order chi connectivity index (χ0) is 22.9. The first-order chi connectivity index (χ1) is 16.2. The molecule has 12 heteroatoms. The molecule has 2 saturated heterocycles. The lowest BCUT2D eigenvalue weighted by molar-refractivity contribution is -0.125. The summed E-state index contributed by atoms with van der Waals surface area (Å²) in [7, 11) is 0. The Morgan fingerprint density at radius 1 is 0.818 bits per heavy atom.